The lowest BCUT2D eigenvalue weighted by Crippen LogP contribution is -2.37. The molecular formula is C11H14N2O4. The van der Waals surface area contributed by atoms with E-state index in [0.29, 0.717) is 12.1 Å². The van der Waals surface area contributed by atoms with Crippen molar-refractivity contribution in [1.29, 1.82) is 0 Å². The van der Waals surface area contributed by atoms with Gasteiger partial charge < -0.3 is 10.0 Å². The molecule has 6 nitrogen and oxygen atoms in total. The molecule has 0 aromatic heterocycles. The smallest absolute Gasteiger partial charge is 0.326 e. The SMILES string of the molecule is CCC(C(=O)O)N(C)c1cccc([N+](=O)[O-])c1. The van der Waals surface area contributed by atoms with Crippen molar-refractivity contribution < 1.29 is 14.8 Å². The van der Waals surface area contributed by atoms with Gasteiger partial charge in [-0.2, -0.15) is 0 Å². The molecule has 0 fully saturated rings. The van der Waals surface area contributed by atoms with Gasteiger partial charge in [0.2, 0.25) is 0 Å². The standard InChI is InChI=1S/C11H14N2O4/c1-3-10(11(14)15)12(2)8-5-4-6-9(7-8)13(16)17/h4-7,10H,3H2,1-2H3,(H,14,15). The molecule has 0 spiro atoms. The first-order valence-electron chi connectivity index (χ1n) is 5.17. The van der Waals surface area contributed by atoms with Crippen LogP contribution in [0.4, 0.5) is 11.4 Å². The van der Waals surface area contributed by atoms with E-state index < -0.39 is 16.9 Å². The first kappa shape index (κ1) is 13.0. The third kappa shape index (κ3) is 2.93. The summed E-state index contributed by atoms with van der Waals surface area (Å²) in [7, 11) is 1.61. The van der Waals surface area contributed by atoms with Crippen LogP contribution in [0.3, 0.4) is 0 Å². The fourth-order valence-electron chi connectivity index (χ4n) is 1.62. The molecule has 1 unspecified atom stereocenters. The minimum atomic E-state index is -0.943. The van der Waals surface area contributed by atoms with E-state index >= 15 is 0 Å². The largest absolute Gasteiger partial charge is 0.480 e. The van der Waals surface area contributed by atoms with E-state index in [2.05, 4.69) is 0 Å². The highest BCUT2D eigenvalue weighted by atomic mass is 16.6. The molecule has 17 heavy (non-hydrogen) atoms. The molecular weight excluding hydrogens is 224 g/mol. The maximum atomic E-state index is 11.0. The summed E-state index contributed by atoms with van der Waals surface area (Å²) in [6, 6.07) is 5.25. The number of carboxylic acid groups (broad SMARTS) is 1. The number of anilines is 1. The molecule has 1 rings (SSSR count). The number of aliphatic carboxylic acids is 1. The number of carbonyl (C=O) groups is 1. The van der Waals surface area contributed by atoms with Crippen LogP contribution in [0.25, 0.3) is 0 Å². The minimum absolute atomic E-state index is 0.0467. The van der Waals surface area contributed by atoms with Gasteiger partial charge in [0.05, 0.1) is 4.92 Å². The Balaban J connectivity index is 3.02. The summed E-state index contributed by atoms with van der Waals surface area (Å²) in [5.41, 5.74) is 0.475. The van der Waals surface area contributed by atoms with Crippen LogP contribution in [0.15, 0.2) is 24.3 Å². The van der Waals surface area contributed by atoms with E-state index in [4.69, 9.17) is 5.11 Å². The maximum Gasteiger partial charge on any atom is 0.326 e. The highest BCUT2D eigenvalue weighted by Crippen LogP contribution is 2.22. The van der Waals surface area contributed by atoms with E-state index in [1.54, 1.807) is 26.1 Å². The number of non-ortho nitro benzene ring substituents is 1. The van der Waals surface area contributed by atoms with E-state index in [1.807, 2.05) is 0 Å². The molecule has 0 heterocycles. The van der Waals surface area contributed by atoms with Gasteiger partial charge in [-0.15, -0.1) is 0 Å². The molecule has 92 valence electrons. The van der Waals surface area contributed by atoms with Crippen LogP contribution in [-0.2, 0) is 4.79 Å². The Morgan fingerprint density at radius 3 is 2.71 bits per heavy atom. The number of hydrogen-bond acceptors (Lipinski definition) is 4. The third-order valence-electron chi connectivity index (χ3n) is 2.59. The number of likely N-dealkylation sites (N-methyl/N-ethyl adjacent to an activating group) is 1. The lowest BCUT2D eigenvalue weighted by Gasteiger charge is -2.25. The summed E-state index contributed by atoms with van der Waals surface area (Å²) in [4.78, 5) is 22.6. The minimum Gasteiger partial charge on any atom is -0.480 e. The third-order valence-corrected chi connectivity index (χ3v) is 2.59. The number of hydrogen-bond donors (Lipinski definition) is 1. The summed E-state index contributed by atoms with van der Waals surface area (Å²) < 4.78 is 0. The van der Waals surface area contributed by atoms with E-state index in [0.717, 1.165) is 0 Å². The quantitative estimate of drug-likeness (QED) is 0.625. The predicted octanol–water partition coefficient (Wildman–Crippen LogP) is 1.89. The Bertz CT molecular complexity index is 433. The molecule has 0 aliphatic rings. The molecule has 1 atom stereocenters. The van der Waals surface area contributed by atoms with Gasteiger partial charge in [0.25, 0.3) is 5.69 Å². The first-order valence-corrected chi connectivity index (χ1v) is 5.17. The number of carboxylic acids is 1. The van der Waals surface area contributed by atoms with Gasteiger partial charge in [-0.1, -0.05) is 13.0 Å². The highest BCUT2D eigenvalue weighted by molar-refractivity contribution is 5.78. The van der Waals surface area contributed by atoms with Gasteiger partial charge in [0, 0.05) is 24.9 Å². The van der Waals surface area contributed by atoms with Crippen LogP contribution in [0.1, 0.15) is 13.3 Å². The van der Waals surface area contributed by atoms with Crippen molar-refractivity contribution in [3.63, 3.8) is 0 Å². The molecule has 0 aliphatic heterocycles. The van der Waals surface area contributed by atoms with Gasteiger partial charge in [-0.25, -0.2) is 4.79 Å². The van der Waals surface area contributed by atoms with Crippen LogP contribution in [0, 0.1) is 10.1 Å². The monoisotopic (exact) mass is 238 g/mol. The second-order valence-corrected chi connectivity index (χ2v) is 3.65. The Morgan fingerprint density at radius 1 is 1.59 bits per heavy atom. The topological polar surface area (TPSA) is 83.7 Å². The van der Waals surface area contributed by atoms with Crippen LogP contribution in [0.2, 0.25) is 0 Å². The van der Waals surface area contributed by atoms with Crippen molar-refractivity contribution in [1.82, 2.24) is 0 Å². The Labute approximate surface area is 98.6 Å². The summed E-state index contributed by atoms with van der Waals surface area (Å²) in [6.07, 6.45) is 0.425. The van der Waals surface area contributed by atoms with Gasteiger partial charge in [0.15, 0.2) is 0 Å². The molecule has 6 heteroatoms. The van der Waals surface area contributed by atoms with E-state index in [1.165, 1.54) is 17.0 Å². The molecule has 1 N–H and O–H groups in total. The average molecular weight is 238 g/mol. The normalized spacial score (nSPS) is 11.9. The summed E-state index contributed by atoms with van der Waals surface area (Å²) in [5.74, 6) is -0.943. The maximum absolute atomic E-state index is 11.0. The zero-order valence-electron chi connectivity index (χ0n) is 9.66. The van der Waals surface area contributed by atoms with Crippen LogP contribution in [-0.4, -0.2) is 29.1 Å². The summed E-state index contributed by atoms with van der Waals surface area (Å²) in [5, 5.41) is 19.6. The molecule has 0 amide bonds. The number of benzene rings is 1. The summed E-state index contributed by atoms with van der Waals surface area (Å²) >= 11 is 0. The fourth-order valence-corrected chi connectivity index (χ4v) is 1.62. The summed E-state index contributed by atoms with van der Waals surface area (Å²) in [6.45, 7) is 1.76. The zero-order valence-corrected chi connectivity index (χ0v) is 9.66. The van der Waals surface area contributed by atoms with Crippen molar-refractivity contribution in [3.8, 4) is 0 Å². The Kier molecular flexibility index (Phi) is 4.03. The number of rotatable bonds is 5. The molecule has 0 aliphatic carbocycles. The second-order valence-electron chi connectivity index (χ2n) is 3.65. The van der Waals surface area contributed by atoms with Crippen molar-refractivity contribution >= 4 is 17.3 Å². The fraction of sp³-hybridized carbons (Fsp3) is 0.364. The molecule has 0 saturated heterocycles. The number of nitrogens with zero attached hydrogens (tertiary/aromatic N) is 2. The number of nitro benzene ring substituents is 1. The highest BCUT2D eigenvalue weighted by Gasteiger charge is 2.21. The second kappa shape index (κ2) is 5.29. The van der Waals surface area contributed by atoms with Crippen molar-refractivity contribution in [2.45, 2.75) is 19.4 Å². The van der Waals surface area contributed by atoms with Gasteiger partial charge in [-0.3, -0.25) is 10.1 Å². The molecule has 0 saturated carbocycles. The molecule has 1 aromatic carbocycles. The molecule has 1 aromatic rings. The van der Waals surface area contributed by atoms with Gasteiger partial charge >= 0.3 is 5.97 Å². The van der Waals surface area contributed by atoms with Gasteiger partial charge in [-0.05, 0) is 12.5 Å². The first-order chi connectivity index (χ1) is 7.97. The lowest BCUT2D eigenvalue weighted by molar-refractivity contribution is -0.384. The number of nitro groups is 1. The van der Waals surface area contributed by atoms with Crippen molar-refractivity contribution in [2.75, 3.05) is 11.9 Å². The van der Waals surface area contributed by atoms with Crippen molar-refractivity contribution in [2.24, 2.45) is 0 Å². The van der Waals surface area contributed by atoms with Crippen LogP contribution in [0.5, 0.6) is 0 Å². The van der Waals surface area contributed by atoms with Crippen molar-refractivity contribution in [3.05, 3.63) is 34.4 Å². The average Bonchev–Trinajstić information content (AvgIpc) is 2.29. The van der Waals surface area contributed by atoms with Crippen LogP contribution < -0.4 is 4.90 Å². The molecule has 0 bridgehead atoms. The molecule has 0 radical (unpaired) electrons. The lowest BCUT2D eigenvalue weighted by atomic mass is 10.1. The van der Waals surface area contributed by atoms with E-state index in [-0.39, 0.29) is 5.69 Å². The Morgan fingerprint density at radius 2 is 2.24 bits per heavy atom. The van der Waals surface area contributed by atoms with Gasteiger partial charge in [0.1, 0.15) is 6.04 Å². The Hall–Kier alpha value is -2.11. The van der Waals surface area contributed by atoms with E-state index in [9.17, 15) is 14.9 Å². The predicted molar refractivity (Wildman–Crippen MR) is 63.2 cm³/mol. The zero-order chi connectivity index (χ0) is 13.0. The van der Waals surface area contributed by atoms with Crippen LogP contribution >= 0.6 is 0 Å².